The average Bonchev–Trinajstić information content (AvgIpc) is 3.29. The number of thiazole rings is 1. The highest BCUT2D eigenvalue weighted by atomic mass is 32.1. The van der Waals surface area contributed by atoms with Gasteiger partial charge in [-0.1, -0.05) is 12.1 Å². The molecule has 0 amide bonds. The van der Waals surface area contributed by atoms with Crippen LogP contribution in [-0.4, -0.2) is 34.6 Å². The Morgan fingerprint density at radius 1 is 1.24 bits per heavy atom. The number of aromatic nitrogens is 2. The van der Waals surface area contributed by atoms with Crippen molar-refractivity contribution >= 4 is 11.3 Å². The van der Waals surface area contributed by atoms with Crippen molar-refractivity contribution in [2.24, 2.45) is 0 Å². The van der Waals surface area contributed by atoms with Crippen LogP contribution in [0.3, 0.4) is 0 Å². The van der Waals surface area contributed by atoms with Crippen molar-refractivity contribution in [3.05, 3.63) is 70.1 Å². The van der Waals surface area contributed by atoms with E-state index in [1.54, 1.807) is 29.7 Å². The molecule has 0 N–H and O–H groups in total. The van der Waals surface area contributed by atoms with Gasteiger partial charge >= 0.3 is 0 Å². The van der Waals surface area contributed by atoms with E-state index in [1.807, 2.05) is 5.51 Å². The normalized spacial score (nSPS) is 18.5. The fourth-order valence-electron chi connectivity index (χ4n) is 2.90. The number of morpholine rings is 1. The maximum absolute atomic E-state index is 13.0. The van der Waals surface area contributed by atoms with Gasteiger partial charge in [-0.3, -0.25) is 4.90 Å². The minimum Gasteiger partial charge on any atom is -0.442 e. The van der Waals surface area contributed by atoms with Gasteiger partial charge in [0.1, 0.15) is 17.7 Å². The molecule has 0 spiro atoms. The summed E-state index contributed by atoms with van der Waals surface area (Å²) in [4.78, 5) is 11.0. The van der Waals surface area contributed by atoms with Crippen LogP contribution in [0, 0.1) is 5.82 Å². The molecule has 1 saturated heterocycles. The topological polar surface area (TPSA) is 51.4 Å². The third-order valence-electron chi connectivity index (χ3n) is 4.16. The summed E-state index contributed by atoms with van der Waals surface area (Å²) < 4.78 is 24.7. The monoisotopic (exact) mass is 359 g/mol. The van der Waals surface area contributed by atoms with Crippen molar-refractivity contribution in [2.45, 2.75) is 19.1 Å². The van der Waals surface area contributed by atoms with Gasteiger partial charge in [0.05, 0.1) is 24.0 Å². The van der Waals surface area contributed by atoms with Gasteiger partial charge in [0.25, 0.3) is 0 Å². The number of ether oxygens (including phenoxy) is 1. The van der Waals surface area contributed by atoms with E-state index in [0.29, 0.717) is 18.9 Å². The van der Waals surface area contributed by atoms with E-state index in [2.05, 4.69) is 20.2 Å². The Balaban J connectivity index is 1.39. The molecule has 5 nitrogen and oxygen atoms in total. The number of hydrogen-bond donors (Lipinski definition) is 0. The van der Waals surface area contributed by atoms with Gasteiger partial charge in [-0.2, -0.15) is 0 Å². The standard InChI is InChI=1S/C18H18FN3O2S/c19-14-3-1-13(2-4-14)7-16-8-20-18(24-16)17-10-22(5-6-23-17)9-15-11-25-12-21-15/h1-4,8,11-12,17H,5-7,9-10H2. The van der Waals surface area contributed by atoms with E-state index in [4.69, 9.17) is 9.15 Å². The lowest BCUT2D eigenvalue weighted by Gasteiger charge is -2.30. The number of hydrogen-bond acceptors (Lipinski definition) is 6. The quantitative estimate of drug-likeness (QED) is 0.698. The highest BCUT2D eigenvalue weighted by Gasteiger charge is 2.26. The molecule has 1 unspecified atom stereocenters. The van der Waals surface area contributed by atoms with Crippen LogP contribution in [0.5, 0.6) is 0 Å². The second kappa shape index (κ2) is 7.43. The highest BCUT2D eigenvalue weighted by molar-refractivity contribution is 7.07. The molecular formula is C18H18FN3O2S. The largest absolute Gasteiger partial charge is 0.442 e. The summed E-state index contributed by atoms with van der Waals surface area (Å²) in [7, 11) is 0. The zero-order valence-electron chi connectivity index (χ0n) is 13.6. The zero-order valence-corrected chi connectivity index (χ0v) is 14.4. The zero-order chi connectivity index (χ0) is 17.1. The van der Waals surface area contributed by atoms with Crippen LogP contribution >= 0.6 is 11.3 Å². The van der Waals surface area contributed by atoms with E-state index in [0.717, 1.165) is 36.7 Å². The maximum Gasteiger partial charge on any atom is 0.224 e. The molecule has 1 aliphatic heterocycles. The first-order valence-electron chi connectivity index (χ1n) is 8.16. The Kier molecular flexibility index (Phi) is 4.87. The molecule has 0 radical (unpaired) electrons. The Morgan fingerprint density at radius 3 is 2.92 bits per heavy atom. The van der Waals surface area contributed by atoms with Gasteiger partial charge in [0.15, 0.2) is 0 Å². The second-order valence-electron chi connectivity index (χ2n) is 6.04. The average molecular weight is 359 g/mol. The number of halogens is 1. The van der Waals surface area contributed by atoms with E-state index in [1.165, 1.54) is 12.1 Å². The van der Waals surface area contributed by atoms with Gasteiger partial charge in [0, 0.05) is 31.4 Å². The first-order chi connectivity index (χ1) is 12.3. The van der Waals surface area contributed by atoms with Gasteiger partial charge < -0.3 is 9.15 Å². The van der Waals surface area contributed by atoms with Gasteiger partial charge in [0.2, 0.25) is 5.89 Å². The Labute approximate surface area is 149 Å². The molecule has 2 aromatic heterocycles. The predicted molar refractivity (Wildman–Crippen MR) is 91.8 cm³/mol. The number of nitrogens with zero attached hydrogens (tertiary/aromatic N) is 3. The molecule has 1 atom stereocenters. The minimum absolute atomic E-state index is 0.172. The van der Waals surface area contributed by atoms with Crippen molar-refractivity contribution in [3.8, 4) is 0 Å². The van der Waals surface area contributed by atoms with Crippen molar-refractivity contribution in [2.75, 3.05) is 19.7 Å². The van der Waals surface area contributed by atoms with Gasteiger partial charge in [-0.15, -0.1) is 11.3 Å². The molecule has 1 fully saturated rings. The van der Waals surface area contributed by atoms with Crippen LogP contribution in [0.25, 0.3) is 0 Å². The predicted octanol–water partition coefficient (Wildman–Crippen LogP) is 3.43. The van der Waals surface area contributed by atoms with E-state index in [-0.39, 0.29) is 11.9 Å². The van der Waals surface area contributed by atoms with Crippen molar-refractivity contribution in [1.82, 2.24) is 14.9 Å². The fourth-order valence-corrected chi connectivity index (χ4v) is 3.45. The fraction of sp³-hybridized carbons (Fsp3) is 0.333. The molecule has 7 heteroatoms. The summed E-state index contributed by atoms with van der Waals surface area (Å²) in [5, 5.41) is 2.07. The molecular weight excluding hydrogens is 341 g/mol. The molecule has 0 saturated carbocycles. The lowest BCUT2D eigenvalue weighted by atomic mass is 10.1. The Morgan fingerprint density at radius 2 is 2.12 bits per heavy atom. The lowest BCUT2D eigenvalue weighted by molar-refractivity contribution is -0.0459. The van der Waals surface area contributed by atoms with Crippen LogP contribution in [-0.2, 0) is 17.7 Å². The molecule has 1 aliphatic rings. The highest BCUT2D eigenvalue weighted by Crippen LogP contribution is 2.24. The second-order valence-corrected chi connectivity index (χ2v) is 6.76. The smallest absolute Gasteiger partial charge is 0.224 e. The third kappa shape index (κ3) is 4.12. The number of benzene rings is 1. The summed E-state index contributed by atoms with van der Waals surface area (Å²) in [5.74, 6) is 1.11. The van der Waals surface area contributed by atoms with Gasteiger partial charge in [-0.25, -0.2) is 14.4 Å². The SMILES string of the molecule is Fc1ccc(Cc2cnc(C3CN(Cc4cscn4)CCO3)o2)cc1. The summed E-state index contributed by atoms with van der Waals surface area (Å²) >= 11 is 1.61. The summed E-state index contributed by atoms with van der Waals surface area (Å²) in [6.07, 6.45) is 2.14. The van der Waals surface area contributed by atoms with Crippen LogP contribution < -0.4 is 0 Å². The molecule has 4 rings (SSSR count). The first kappa shape index (κ1) is 16.4. The van der Waals surface area contributed by atoms with Crippen LogP contribution in [0.2, 0.25) is 0 Å². The molecule has 3 heterocycles. The molecule has 0 aliphatic carbocycles. The van der Waals surface area contributed by atoms with Crippen LogP contribution in [0.15, 0.2) is 45.8 Å². The van der Waals surface area contributed by atoms with E-state index >= 15 is 0 Å². The third-order valence-corrected chi connectivity index (χ3v) is 4.79. The van der Waals surface area contributed by atoms with Gasteiger partial charge in [-0.05, 0) is 17.7 Å². The number of rotatable bonds is 5. The minimum atomic E-state index is -0.238. The van der Waals surface area contributed by atoms with Crippen molar-refractivity contribution in [1.29, 1.82) is 0 Å². The number of oxazole rings is 1. The molecule has 25 heavy (non-hydrogen) atoms. The summed E-state index contributed by atoms with van der Waals surface area (Å²) in [5.41, 5.74) is 3.91. The van der Waals surface area contributed by atoms with Crippen molar-refractivity contribution in [3.63, 3.8) is 0 Å². The molecule has 130 valence electrons. The van der Waals surface area contributed by atoms with Crippen LogP contribution in [0.1, 0.15) is 29.0 Å². The Bertz CT molecular complexity index is 804. The van der Waals surface area contributed by atoms with Crippen LogP contribution in [0.4, 0.5) is 4.39 Å². The molecule has 0 bridgehead atoms. The van der Waals surface area contributed by atoms with Crippen molar-refractivity contribution < 1.29 is 13.5 Å². The van der Waals surface area contributed by atoms with E-state index in [9.17, 15) is 4.39 Å². The molecule has 3 aromatic rings. The molecule has 1 aromatic carbocycles. The Hall–Kier alpha value is -2.09. The maximum atomic E-state index is 13.0. The lowest BCUT2D eigenvalue weighted by Crippen LogP contribution is -2.38. The summed E-state index contributed by atoms with van der Waals surface area (Å²) in [6.45, 7) is 3.06. The van der Waals surface area contributed by atoms with E-state index < -0.39 is 0 Å². The first-order valence-corrected chi connectivity index (χ1v) is 9.10. The summed E-state index contributed by atoms with van der Waals surface area (Å²) in [6, 6.07) is 6.41.